The second-order valence-corrected chi connectivity index (χ2v) is 27.9. The lowest BCUT2D eigenvalue weighted by Gasteiger charge is -2.27. The zero-order valence-corrected chi connectivity index (χ0v) is 60.1. The van der Waals surface area contributed by atoms with E-state index >= 15 is 0 Å². The van der Waals surface area contributed by atoms with Crippen molar-refractivity contribution < 1.29 is 37.3 Å². The SMILES string of the molecule is CCCCC/C=C\C/C=C\C/C=C\C/C=C\CCCCCCCCCC(=O)NC(COP(=O)(O)OCC[N+](C)(C)C)C(/C=C/CCCCCCCCCCCCC)OC(=O)CCCCCCCCCCCCCCCC/C=C\C/C=C\C/C=C\CCCCC. The van der Waals surface area contributed by atoms with Gasteiger partial charge in [0.25, 0.3) is 0 Å². The normalized spacial score (nSPS) is 14.0. The van der Waals surface area contributed by atoms with Crippen molar-refractivity contribution in [1.29, 1.82) is 0 Å². The number of carbonyl (C=O) groups excluding carboxylic acids is 2. The molecule has 89 heavy (non-hydrogen) atoms. The number of unbranched alkanes of at least 4 members (excludes halogenated alkanes) is 38. The van der Waals surface area contributed by atoms with Crippen LogP contribution in [0.4, 0.5) is 0 Å². The van der Waals surface area contributed by atoms with E-state index in [0.717, 1.165) is 103 Å². The van der Waals surface area contributed by atoms with Gasteiger partial charge in [-0.25, -0.2) is 4.57 Å². The molecule has 0 aliphatic heterocycles. The molecule has 0 rings (SSSR count). The van der Waals surface area contributed by atoms with Crippen LogP contribution in [0.3, 0.4) is 0 Å². The van der Waals surface area contributed by atoms with Gasteiger partial charge in [-0.1, -0.05) is 311 Å². The maximum absolute atomic E-state index is 13.6. The summed E-state index contributed by atoms with van der Waals surface area (Å²) < 4.78 is 30.9. The van der Waals surface area contributed by atoms with E-state index < -0.39 is 20.0 Å². The number of hydrogen-bond acceptors (Lipinski definition) is 6. The molecule has 3 unspecified atom stereocenters. The minimum atomic E-state index is -4.47. The topological polar surface area (TPSA) is 111 Å². The Morgan fingerprint density at radius 1 is 0.393 bits per heavy atom. The highest BCUT2D eigenvalue weighted by Crippen LogP contribution is 2.43. The molecule has 3 atom stereocenters. The van der Waals surface area contributed by atoms with Crippen molar-refractivity contribution >= 4 is 19.7 Å². The maximum Gasteiger partial charge on any atom is 0.472 e. The predicted molar refractivity (Wildman–Crippen MR) is 387 cm³/mol. The third-order valence-electron chi connectivity index (χ3n) is 16.5. The van der Waals surface area contributed by atoms with Crippen LogP contribution >= 0.6 is 7.82 Å². The fourth-order valence-corrected chi connectivity index (χ4v) is 11.4. The van der Waals surface area contributed by atoms with Crippen LogP contribution in [0, 0.1) is 0 Å². The Kier molecular flexibility index (Phi) is 65.5. The molecule has 516 valence electrons. The first kappa shape index (κ1) is 85.9. The number of rotatable bonds is 68. The van der Waals surface area contributed by atoms with E-state index in [1.807, 2.05) is 33.3 Å². The van der Waals surface area contributed by atoms with E-state index in [4.69, 9.17) is 13.8 Å². The maximum atomic E-state index is 13.6. The standard InChI is InChI=1S/C79H143N2O7P/c1-7-10-13-16-19-22-25-28-30-32-34-36-38-39-40-41-43-45-47-49-51-54-57-60-63-66-69-72-79(83)88-77(70-67-64-61-58-55-52-27-24-21-18-15-12-9-3)76(75-87-89(84,85)86-74-73-81(4,5)6)80-78(82)71-68-65-62-59-56-53-50-48-46-44-42-37-35-33-31-29-26-23-20-17-14-11-8-2/h19-20,22-23,28-31,34-37,44,46,67,70,76-77H,7-18,21,24-27,32-33,38-43,45,47-66,68-69,71-75H2,1-6H3,(H-,80,82,84,85)/p+1/b22-19-,23-20-,30-28-,31-29-,36-34-,37-35-,46-44-,70-67+. The first-order valence-electron chi connectivity index (χ1n) is 37.6. The van der Waals surface area contributed by atoms with Crippen LogP contribution in [0.5, 0.6) is 0 Å². The fraction of sp³-hybridized carbons (Fsp3) is 0.772. The minimum Gasteiger partial charge on any atom is -0.456 e. The number of esters is 1. The molecule has 0 aromatic rings. The highest BCUT2D eigenvalue weighted by molar-refractivity contribution is 7.47. The van der Waals surface area contributed by atoms with Crippen molar-refractivity contribution in [1.82, 2.24) is 5.32 Å². The van der Waals surface area contributed by atoms with Gasteiger partial charge in [0, 0.05) is 12.8 Å². The third-order valence-corrected chi connectivity index (χ3v) is 17.5. The summed E-state index contributed by atoms with van der Waals surface area (Å²) in [6.45, 7) is 6.98. The molecule has 0 aromatic carbocycles. The van der Waals surface area contributed by atoms with Gasteiger partial charge in [-0.2, -0.15) is 0 Å². The minimum absolute atomic E-state index is 0.0348. The summed E-state index contributed by atoms with van der Waals surface area (Å²) in [7, 11) is 1.49. The largest absolute Gasteiger partial charge is 0.472 e. The zero-order chi connectivity index (χ0) is 64.9. The summed E-state index contributed by atoms with van der Waals surface area (Å²) in [6.07, 6.45) is 92.8. The van der Waals surface area contributed by atoms with Crippen molar-refractivity contribution in [2.45, 2.75) is 354 Å². The number of amides is 1. The van der Waals surface area contributed by atoms with E-state index in [-0.39, 0.29) is 31.5 Å². The average molecular weight is 1270 g/mol. The summed E-state index contributed by atoms with van der Waals surface area (Å²) in [5.74, 6) is -0.511. The Morgan fingerprint density at radius 3 is 1.04 bits per heavy atom. The summed E-state index contributed by atoms with van der Waals surface area (Å²) in [5, 5.41) is 3.07. The molecular weight excluding hydrogens is 1120 g/mol. The molecule has 0 spiro atoms. The number of likely N-dealkylation sites (N-methyl/N-ethyl adjacent to an activating group) is 1. The van der Waals surface area contributed by atoms with E-state index in [1.165, 1.54) is 205 Å². The molecule has 0 bridgehead atoms. The number of hydrogen-bond donors (Lipinski definition) is 2. The van der Waals surface area contributed by atoms with Gasteiger partial charge in [0.2, 0.25) is 5.91 Å². The Morgan fingerprint density at radius 2 is 0.685 bits per heavy atom. The number of phosphoric acid groups is 1. The predicted octanol–water partition coefficient (Wildman–Crippen LogP) is 24.2. The molecule has 0 saturated carbocycles. The van der Waals surface area contributed by atoms with E-state index in [1.54, 1.807) is 0 Å². The van der Waals surface area contributed by atoms with Gasteiger partial charge in [-0.05, 0) is 115 Å². The van der Waals surface area contributed by atoms with Crippen LogP contribution in [0.25, 0.3) is 0 Å². The van der Waals surface area contributed by atoms with Gasteiger partial charge in [-0.3, -0.25) is 18.6 Å². The highest BCUT2D eigenvalue weighted by Gasteiger charge is 2.30. The number of quaternary nitrogens is 1. The second kappa shape index (κ2) is 67.8. The lowest BCUT2D eigenvalue weighted by Crippen LogP contribution is -2.47. The average Bonchev–Trinajstić information content (AvgIpc) is 3.64. The van der Waals surface area contributed by atoms with E-state index in [0.29, 0.717) is 17.4 Å². The van der Waals surface area contributed by atoms with Crippen LogP contribution in [-0.2, 0) is 27.9 Å². The first-order chi connectivity index (χ1) is 43.4. The number of phosphoric ester groups is 1. The van der Waals surface area contributed by atoms with Crippen molar-refractivity contribution in [3.63, 3.8) is 0 Å². The van der Waals surface area contributed by atoms with Gasteiger partial charge in [-0.15, -0.1) is 0 Å². The molecule has 1 amide bonds. The molecule has 2 N–H and O–H groups in total. The number of nitrogens with one attached hydrogen (secondary N) is 1. The lowest BCUT2D eigenvalue weighted by molar-refractivity contribution is -0.870. The second-order valence-electron chi connectivity index (χ2n) is 26.5. The van der Waals surface area contributed by atoms with Crippen molar-refractivity contribution in [3.05, 3.63) is 97.2 Å². The number of ether oxygens (including phenoxy) is 1. The first-order valence-corrected chi connectivity index (χ1v) is 39.1. The highest BCUT2D eigenvalue weighted by atomic mass is 31.2. The number of carbonyl (C=O) groups is 2. The van der Waals surface area contributed by atoms with Crippen molar-refractivity contribution in [2.75, 3.05) is 40.9 Å². The van der Waals surface area contributed by atoms with E-state index in [2.05, 4.69) is 111 Å². The Hall–Kier alpha value is -3.07. The number of allylic oxidation sites excluding steroid dienone is 15. The molecule has 9 nitrogen and oxygen atoms in total. The molecule has 0 radical (unpaired) electrons. The fourth-order valence-electron chi connectivity index (χ4n) is 10.7. The van der Waals surface area contributed by atoms with Gasteiger partial charge < -0.3 is 19.4 Å². The Bertz CT molecular complexity index is 1840. The molecule has 0 heterocycles. The van der Waals surface area contributed by atoms with Gasteiger partial charge in [0.15, 0.2) is 0 Å². The van der Waals surface area contributed by atoms with Gasteiger partial charge in [0.1, 0.15) is 19.3 Å². The van der Waals surface area contributed by atoms with Crippen molar-refractivity contribution in [2.24, 2.45) is 0 Å². The van der Waals surface area contributed by atoms with Crippen LogP contribution in [0.1, 0.15) is 342 Å². The molecular formula is C79H144N2O7P+. The van der Waals surface area contributed by atoms with Crippen molar-refractivity contribution in [3.8, 4) is 0 Å². The van der Waals surface area contributed by atoms with Gasteiger partial charge >= 0.3 is 13.8 Å². The number of nitrogens with zero attached hydrogens (tertiary/aromatic N) is 1. The van der Waals surface area contributed by atoms with E-state index in [9.17, 15) is 19.0 Å². The van der Waals surface area contributed by atoms with Crippen LogP contribution in [0.2, 0.25) is 0 Å². The molecule has 0 saturated heterocycles. The Labute approximate surface area is 551 Å². The lowest BCUT2D eigenvalue weighted by atomic mass is 10.0. The molecule has 0 aromatic heterocycles. The molecule has 0 aliphatic carbocycles. The summed E-state index contributed by atoms with van der Waals surface area (Å²) in [6, 6.07) is -0.861. The monoisotopic (exact) mass is 1260 g/mol. The summed E-state index contributed by atoms with van der Waals surface area (Å²) >= 11 is 0. The molecule has 0 fully saturated rings. The molecule has 0 aliphatic rings. The van der Waals surface area contributed by atoms with Crippen LogP contribution in [0.15, 0.2) is 97.2 Å². The zero-order valence-electron chi connectivity index (χ0n) is 59.2. The van der Waals surface area contributed by atoms with Crippen LogP contribution in [-0.4, -0.2) is 74.3 Å². The summed E-state index contributed by atoms with van der Waals surface area (Å²) in [4.78, 5) is 38.0. The summed E-state index contributed by atoms with van der Waals surface area (Å²) in [5.41, 5.74) is 0. The molecule has 10 heteroatoms. The smallest absolute Gasteiger partial charge is 0.456 e. The van der Waals surface area contributed by atoms with Crippen LogP contribution < -0.4 is 5.32 Å². The quantitative estimate of drug-likeness (QED) is 0.0205. The third kappa shape index (κ3) is 69.1. The van der Waals surface area contributed by atoms with Gasteiger partial charge in [0.05, 0.1) is 33.8 Å². The Balaban J connectivity index is 5.06.